The van der Waals surface area contributed by atoms with Gasteiger partial charge >= 0.3 is 0 Å². The number of hydrogen-bond donors (Lipinski definition) is 1. The molecule has 1 N–H and O–H groups in total. The number of carbonyl (C=O) groups is 1. The fourth-order valence-electron chi connectivity index (χ4n) is 3.89. The summed E-state index contributed by atoms with van der Waals surface area (Å²) in [4.78, 5) is 30.3. The lowest BCUT2D eigenvalue weighted by Crippen LogP contribution is -2.46. The smallest absolute Gasteiger partial charge is 0.264 e. The van der Waals surface area contributed by atoms with Crippen LogP contribution >= 0.6 is 11.3 Å². The van der Waals surface area contributed by atoms with E-state index in [1.54, 1.807) is 6.33 Å². The Morgan fingerprint density at radius 1 is 1.24 bits per heavy atom. The Labute approximate surface area is 149 Å². The summed E-state index contributed by atoms with van der Waals surface area (Å²) < 4.78 is 0. The molecule has 3 aromatic heterocycles. The highest BCUT2D eigenvalue weighted by Crippen LogP contribution is 2.45. The predicted molar refractivity (Wildman–Crippen MR) is 98.0 cm³/mol. The molecule has 1 saturated heterocycles. The van der Waals surface area contributed by atoms with Crippen molar-refractivity contribution in [1.29, 1.82) is 0 Å². The van der Waals surface area contributed by atoms with E-state index in [1.807, 2.05) is 29.8 Å². The normalized spacial score (nSPS) is 19.4. The third-order valence-electron chi connectivity index (χ3n) is 5.30. The van der Waals surface area contributed by atoms with Crippen LogP contribution in [0.5, 0.6) is 0 Å². The van der Waals surface area contributed by atoms with Gasteiger partial charge in [-0.15, -0.1) is 11.3 Å². The molecule has 1 aliphatic heterocycles. The number of H-pyrrole nitrogens is 1. The van der Waals surface area contributed by atoms with Gasteiger partial charge in [-0.2, -0.15) is 0 Å². The molecular weight excluding hydrogens is 334 g/mol. The molecule has 6 nitrogen and oxygen atoms in total. The summed E-state index contributed by atoms with van der Waals surface area (Å²) in [6.45, 7) is 2.57. The molecule has 25 heavy (non-hydrogen) atoms. The van der Waals surface area contributed by atoms with E-state index in [-0.39, 0.29) is 11.4 Å². The molecule has 128 valence electrons. The van der Waals surface area contributed by atoms with Crippen LogP contribution in [0.1, 0.15) is 28.9 Å². The van der Waals surface area contributed by atoms with E-state index in [9.17, 15) is 4.79 Å². The minimum atomic E-state index is -0.0366. The van der Waals surface area contributed by atoms with Crippen LogP contribution in [0.2, 0.25) is 0 Å². The molecule has 2 aliphatic rings. The first-order valence-electron chi connectivity index (χ1n) is 8.65. The average molecular weight is 353 g/mol. The third-order valence-corrected chi connectivity index (χ3v) is 6.16. The van der Waals surface area contributed by atoms with E-state index in [0.717, 1.165) is 60.6 Å². The standard InChI is InChI=1S/C18H19N5OS/c24-17(14-3-1-10-25-14)23-9-2-8-22(11-18(23)5-6-18)16-13-4-7-19-15(13)20-12-21-16/h1,3-4,7,10,12H,2,5-6,8-9,11H2,(H,19,20,21). The second-order valence-corrected chi connectivity index (χ2v) is 7.82. The van der Waals surface area contributed by atoms with Crippen LogP contribution in [0.3, 0.4) is 0 Å². The summed E-state index contributed by atoms with van der Waals surface area (Å²) in [5.41, 5.74) is 0.830. The first-order valence-corrected chi connectivity index (χ1v) is 9.53. The average Bonchev–Trinajstić information content (AvgIpc) is 3.05. The molecule has 7 heteroatoms. The zero-order valence-corrected chi connectivity index (χ0v) is 14.6. The molecule has 1 spiro atoms. The highest BCUT2D eigenvalue weighted by molar-refractivity contribution is 7.12. The number of anilines is 1. The van der Waals surface area contributed by atoms with Crippen molar-refractivity contribution in [2.45, 2.75) is 24.8 Å². The van der Waals surface area contributed by atoms with Gasteiger partial charge in [-0.25, -0.2) is 9.97 Å². The van der Waals surface area contributed by atoms with E-state index >= 15 is 0 Å². The Morgan fingerprint density at radius 2 is 2.16 bits per heavy atom. The number of rotatable bonds is 2. The maximum absolute atomic E-state index is 13.0. The summed E-state index contributed by atoms with van der Waals surface area (Å²) in [5.74, 6) is 1.16. The summed E-state index contributed by atoms with van der Waals surface area (Å²) in [6, 6.07) is 5.91. The van der Waals surface area contributed by atoms with E-state index in [1.165, 1.54) is 11.3 Å². The minimum Gasteiger partial charge on any atom is -0.354 e. The fraction of sp³-hybridized carbons (Fsp3) is 0.389. The Bertz CT molecular complexity index is 915. The number of nitrogens with zero attached hydrogens (tertiary/aromatic N) is 4. The van der Waals surface area contributed by atoms with Crippen molar-refractivity contribution < 1.29 is 4.79 Å². The van der Waals surface area contributed by atoms with Crippen molar-refractivity contribution in [3.8, 4) is 0 Å². The summed E-state index contributed by atoms with van der Waals surface area (Å²) in [6.07, 6.45) is 6.62. The van der Waals surface area contributed by atoms with Crippen LogP contribution in [-0.2, 0) is 0 Å². The highest BCUT2D eigenvalue weighted by Gasteiger charge is 2.52. The van der Waals surface area contributed by atoms with Gasteiger partial charge < -0.3 is 14.8 Å². The van der Waals surface area contributed by atoms with E-state index in [0.29, 0.717) is 0 Å². The second-order valence-electron chi connectivity index (χ2n) is 6.87. The first-order chi connectivity index (χ1) is 12.3. The van der Waals surface area contributed by atoms with Gasteiger partial charge in [0.1, 0.15) is 17.8 Å². The number of thiophene rings is 1. The molecule has 2 fully saturated rings. The van der Waals surface area contributed by atoms with Crippen molar-refractivity contribution in [3.05, 3.63) is 41.0 Å². The molecule has 0 aromatic carbocycles. The van der Waals surface area contributed by atoms with Crippen molar-refractivity contribution in [1.82, 2.24) is 19.9 Å². The van der Waals surface area contributed by atoms with Gasteiger partial charge in [0.05, 0.1) is 15.8 Å². The maximum Gasteiger partial charge on any atom is 0.264 e. The lowest BCUT2D eigenvalue weighted by molar-refractivity contribution is 0.0675. The number of aromatic nitrogens is 3. The van der Waals surface area contributed by atoms with Gasteiger partial charge in [0.15, 0.2) is 0 Å². The van der Waals surface area contributed by atoms with E-state index in [2.05, 4.69) is 24.8 Å². The summed E-state index contributed by atoms with van der Waals surface area (Å²) in [7, 11) is 0. The highest BCUT2D eigenvalue weighted by atomic mass is 32.1. The van der Waals surface area contributed by atoms with E-state index < -0.39 is 0 Å². The van der Waals surface area contributed by atoms with Gasteiger partial charge in [0.25, 0.3) is 5.91 Å². The van der Waals surface area contributed by atoms with Gasteiger partial charge in [0.2, 0.25) is 0 Å². The van der Waals surface area contributed by atoms with Gasteiger partial charge in [-0.1, -0.05) is 6.07 Å². The summed E-state index contributed by atoms with van der Waals surface area (Å²) in [5, 5.41) is 3.02. The van der Waals surface area contributed by atoms with Crippen molar-refractivity contribution >= 4 is 34.1 Å². The van der Waals surface area contributed by atoms with Crippen LogP contribution in [0.4, 0.5) is 5.82 Å². The second kappa shape index (κ2) is 5.56. The molecule has 1 saturated carbocycles. The van der Waals surface area contributed by atoms with Crippen molar-refractivity contribution in [3.63, 3.8) is 0 Å². The number of carbonyl (C=O) groups excluding carboxylic acids is 1. The van der Waals surface area contributed by atoms with Crippen LogP contribution < -0.4 is 4.90 Å². The molecule has 3 aromatic rings. The van der Waals surface area contributed by atoms with Crippen LogP contribution in [-0.4, -0.2) is 50.9 Å². The lowest BCUT2D eigenvalue weighted by atomic mass is 10.2. The molecule has 1 amide bonds. The summed E-state index contributed by atoms with van der Waals surface area (Å²) >= 11 is 1.53. The monoisotopic (exact) mass is 353 g/mol. The topological polar surface area (TPSA) is 65.1 Å². The van der Waals surface area contributed by atoms with Gasteiger partial charge in [0, 0.05) is 25.8 Å². The Hall–Kier alpha value is -2.41. The number of aromatic amines is 1. The molecular formula is C18H19N5OS. The quantitative estimate of drug-likeness (QED) is 0.769. The Kier molecular flexibility index (Phi) is 3.31. The SMILES string of the molecule is O=C(c1cccs1)N1CCCN(c2ncnc3[nH]ccc23)CC12CC2. The largest absolute Gasteiger partial charge is 0.354 e. The third kappa shape index (κ3) is 2.41. The maximum atomic E-state index is 13.0. The first kappa shape index (κ1) is 14.9. The zero-order valence-electron chi connectivity index (χ0n) is 13.8. The number of nitrogens with one attached hydrogen (secondary N) is 1. The fourth-order valence-corrected chi connectivity index (χ4v) is 4.56. The Morgan fingerprint density at radius 3 is 2.96 bits per heavy atom. The van der Waals surface area contributed by atoms with E-state index in [4.69, 9.17) is 0 Å². The number of hydrogen-bond acceptors (Lipinski definition) is 5. The lowest BCUT2D eigenvalue weighted by Gasteiger charge is -2.32. The molecule has 0 unspecified atom stereocenters. The minimum absolute atomic E-state index is 0.0366. The van der Waals surface area contributed by atoms with Crippen LogP contribution in [0.15, 0.2) is 36.1 Å². The van der Waals surface area contributed by atoms with Gasteiger partial charge in [-0.05, 0) is 36.8 Å². The molecule has 1 aliphatic carbocycles. The van der Waals surface area contributed by atoms with Crippen molar-refractivity contribution in [2.24, 2.45) is 0 Å². The molecule has 0 bridgehead atoms. The molecule has 4 heterocycles. The predicted octanol–water partition coefficient (Wildman–Crippen LogP) is 2.90. The number of amides is 1. The Balaban J connectivity index is 1.47. The van der Waals surface area contributed by atoms with Crippen LogP contribution in [0.25, 0.3) is 11.0 Å². The number of fused-ring (bicyclic) bond motifs is 1. The molecule has 0 radical (unpaired) electrons. The molecule has 5 rings (SSSR count). The van der Waals surface area contributed by atoms with Crippen molar-refractivity contribution in [2.75, 3.05) is 24.5 Å². The molecule has 0 atom stereocenters. The van der Waals surface area contributed by atoms with Crippen LogP contribution in [0, 0.1) is 0 Å². The van der Waals surface area contributed by atoms with Gasteiger partial charge in [-0.3, -0.25) is 4.79 Å². The zero-order chi connectivity index (χ0) is 16.9.